The summed E-state index contributed by atoms with van der Waals surface area (Å²) in [7, 11) is 0. The summed E-state index contributed by atoms with van der Waals surface area (Å²) in [6.45, 7) is 2.65. The van der Waals surface area contributed by atoms with Crippen LogP contribution in [0.1, 0.15) is 16.3 Å². The number of thiazole rings is 1. The fourth-order valence-corrected chi connectivity index (χ4v) is 1.86. The average molecular weight is 231 g/mol. The highest BCUT2D eigenvalue weighted by Gasteiger charge is 2.01. The van der Waals surface area contributed by atoms with Gasteiger partial charge in [-0.3, -0.25) is 0 Å². The van der Waals surface area contributed by atoms with Crippen molar-refractivity contribution in [3.8, 4) is 6.07 Å². The number of nitrogens with one attached hydrogen (secondary N) is 1. The smallest absolute Gasteiger partial charge is 0.158 e. The first-order valence-corrected chi connectivity index (χ1v) is 5.52. The predicted molar refractivity (Wildman–Crippen MR) is 60.9 cm³/mol. The van der Waals surface area contributed by atoms with Crippen LogP contribution in [0.15, 0.2) is 17.9 Å². The molecule has 6 heteroatoms. The Morgan fingerprint density at radius 3 is 2.81 bits per heavy atom. The lowest BCUT2D eigenvalue weighted by atomic mass is 10.4. The molecule has 0 atom stereocenters. The van der Waals surface area contributed by atoms with Crippen molar-refractivity contribution < 1.29 is 0 Å². The van der Waals surface area contributed by atoms with E-state index in [-0.39, 0.29) is 0 Å². The molecule has 2 aromatic heterocycles. The molecule has 5 nitrogen and oxygen atoms in total. The second-order valence-electron chi connectivity index (χ2n) is 3.11. The van der Waals surface area contributed by atoms with Crippen LogP contribution in [-0.2, 0) is 6.54 Å². The molecule has 16 heavy (non-hydrogen) atoms. The zero-order valence-corrected chi connectivity index (χ0v) is 9.45. The molecule has 2 heterocycles. The molecule has 0 radical (unpaired) electrons. The third-order valence-electron chi connectivity index (χ3n) is 2.04. The van der Waals surface area contributed by atoms with Crippen LogP contribution in [0.2, 0.25) is 0 Å². The number of nitrogens with zero attached hydrogens (tertiary/aromatic N) is 4. The Morgan fingerprint density at radius 2 is 2.25 bits per heavy atom. The standard InChI is InChI=1S/C10H9N5S/c1-7-9(16-6-15-7)4-14-10-5-12-8(2-11)3-13-10/h3,5-6H,4H2,1H3,(H,13,14). The molecule has 0 bridgehead atoms. The lowest BCUT2D eigenvalue weighted by Gasteiger charge is -2.03. The van der Waals surface area contributed by atoms with Gasteiger partial charge in [0.15, 0.2) is 5.69 Å². The third-order valence-corrected chi connectivity index (χ3v) is 2.98. The quantitative estimate of drug-likeness (QED) is 0.870. The molecule has 0 aliphatic carbocycles. The number of aromatic nitrogens is 3. The molecule has 2 aromatic rings. The summed E-state index contributed by atoms with van der Waals surface area (Å²) >= 11 is 1.60. The van der Waals surface area contributed by atoms with Gasteiger partial charge >= 0.3 is 0 Å². The summed E-state index contributed by atoms with van der Waals surface area (Å²) in [6, 6.07) is 1.92. The predicted octanol–water partition coefficient (Wildman–Crippen LogP) is 1.73. The van der Waals surface area contributed by atoms with Crippen LogP contribution in [0.3, 0.4) is 0 Å². The van der Waals surface area contributed by atoms with Crippen LogP contribution >= 0.6 is 11.3 Å². The van der Waals surface area contributed by atoms with Crippen molar-refractivity contribution in [1.29, 1.82) is 5.26 Å². The van der Waals surface area contributed by atoms with Crippen molar-refractivity contribution in [2.75, 3.05) is 5.32 Å². The van der Waals surface area contributed by atoms with Gasteiger partial charge in [0.2, 0.25) is 0 Å². The van der Waals surface area contributed by atoms with Gasteiger partial charge in [-0.2, -0.15) is 5.26 Å². The van der Waals surface area contributed by atoms with Crippen LogP contribution in [0.25, 0.3) is 0 Å². The lowest BCUT2D eigenvalue weighted by Crippen LogP contribution is -2.01. The molecule has 2 rings (SSSR count). The number of aryl methyl sites for hydroxylation is 1. The monoisotopic (exact) mass is 231 g/mol. The zero-order valence-electron chi connectivity index (χ0n) is 8.64. The number of anilines is 1. The zero-order chi connectivity index (χ0) is 11.4. The largest absolute Gasteiger partial charge is 0.364 e. The van der Waals surface area contributed by atoms with E-state index < -0.39 is 0 Å². The topological polar surface area (TPSA) is 74.5 Å². The van der Waals surface area contributed by atoms with E-state index in [0.717, 1.165) is 5.69 Å². The van der Waals surface area contributed by atoms with E-state index in [2.05, 4.69) is 20.3 Å². The third kappa shape index (κ3) is 2.32. The maximum Gasteiger partial charge on any atom is 0.158 e. The van der Waals surface area contributed by atoms with Crippen molar-refractivity contribution >= 4 is 17.2 Å². The first kappa shape index (κ1) is 10.5. The van der Waals surface area contributed by atoms with E-state index in [4.69, 9.17) is 5.26 Å². The minimum absolute atomic E-state index is 0.319. The molecule has 0 fully saturated rings. The Kier molecular flexibility index (Phi) is 3.08. The first-order chi connectivity index (χ1) is 7.79. The Bertz CT molecular complexity index is 511. The highest BCUT2D eigenvalue weighted by Crippen LogP contribution is 2.13. The van der Waals surface area contributed by atoms with Crippen molar-refractivity contribution in [2.24, 2.45) is 0 Å². The molecular formula is C10H9N5S. The number of hydrogen-bond donors (Lipinski definition) is 1. The summed E-state index contributed by atoms with van der Waals surface area (Å²) in [5, 5.41) is 11.7. The summed E-state index contributed by atoms with van der Waals surface area (Å²) in [5.41, 5.74) is 3.16. The van der Waals surface area contributed by atoms with Crippen molar-refractivity contribution in [3.05, 3.63) is 34.2 Å². The van der Waals surface area contributed by atoms with E-state index in [9.17, 15) is 0 Å². The van der Waals surface area contributed by atoms with Gasteiger partial charge in [-0.05, 0) is 6.92 Å². The fraction of sp³-hybridized carbons (Fsp3) is 0.200. The van der Waals surface area contributed by atoms with Gasteiger partial charge in [0, 0.05) is 4.88 Å². The van der Waals surface area contributed by atoms with Gasteiger partial charge in [-0.15, -0.1) is 11.3 Å². The Labute approximate surface area is 96.8 Å². The molecule has 80 valence electrons. The van der Waals surface area contributed by atoms with Crippen LogP contribution in [0.4, 0.5) is 5.82 Å². The molecule has 0 saturated heterocycles. The summed E-state index contributed by atoms with van der Waals surface area (Å²) in [4.78, 5) is 13.3. The maximum atomic E-state index is 8.57. The second kappa shape index (κ2) is 4.68. The SMILES string of the molecule is Cc1ncsc1CNc1cnc(C#N)cn1. The Hall–Kier alpha value is -2.00. The van der Waals surface area contributed by atoms with E-state index in [0.29, 0.717) is 18.1 Å². The van der Waals surface area contributed by atoms with Gasteiger partial charge in [-0.1, -0.05) is 0 Å². The summed E-state index contributed by atoms with van der Waals surface area (Å²) < 4.78 is 0. The number of nitriles is 1. The van der Waals surface area contributed by atoms with E-state index in [1.165, 1.54) is 11.1 Å². The molecule has 0 amide bonds. The molecular weight excluding hydrogens is 222 g/mol. The minimum atomic E-state index is 0.319. The maximum absolute atomic E-state index is 8.57. The first-order valence-electron chi connectivity index (χ1n) is 4.64. The van der Waals surface area contributed by atoms with E-state index >= 15 is 0 Å². The van der Waals surface area contributed by atoms with Gasteiger partial charge in [0.1, 0.15) is 11.9 Å². The van der Waals surface area contributed by atoms with Crippen molar-refractivity contribution in [2.45, 2.75) is 13.5 Å². The van der Waals surface area contributed by atoms with Crippen LogP contribution in [0.5, 0.6) is 0 Å². The molecule has 0 unspecified atom stereocenters. The van der Waals surface area contributed by atoms with E-state index in [1.54, 1.807) is 17.5 Å². The normalized spacial score (nSPS) is 9.75. The molecule has 0 aliphatic heterocycles. The van der Waals surface area contributed by atoms with Crippen LogP contribution < -0.4 is 5.32 Å². The summed E-state index contributed by atoms with van der Waals surface area (Å²) in [6.07, 6.45) is 3.00. The van der Waals surface area contributed by atoms with Crippen molar-refractivity contribution in [3.63, 3.8) is 0 Å². The van der Waals surface area contributed by atoms with Gasteiger partial charge < -0.3 is 5.32 Å². The van der Waals surface area contributed by atoms with Gasteiger partial charge in [-0.25, -0.2) is 15.0 Å². The van der Waals surface area contributed by atoms with Crippen LogP contribution in [0, 0.1) is 18.3 Å². The highest BCUT2D eigenvalue weighted by atomic mass is 32.1. The highest BCUT2D eigenvalue weighted by molar-refractivity contribution is 7.09. The fourth-order valence-electron chi connectivity index (χ4n) is 1.14. The Morgan fingerprint density at radius 1 is 1.38 bits per heavy atom. The minimum Gasteiger partial charge on any atom is -0.364 e. The van der Waals surface area contributed by atoms with Crippen molar-refractivity contribution in [1.82, 2.24) is 15.0 Å². The van der Waals surface area contributed by atoms with Crippen LogP contribution in [-0.4, -0.2) is 15.0 Å². The van der Waals surface area contributed by atoms with Gasteiger partial charge in [0.05, 0.1) is 30.1 Å². The Balaban J connectivity index is 2.00. The average Bonchev–Trinajstić information content (AvgIpc) is 2.73. The number of rotatable bonds is 3. The number of hydrogen-bond acceptors (Lipinski definition) is 6. The molecule has 0 spiro atoms. The summed E-state index contributed by atoms with van der Waals surface area (Å²) in [5.74, 6) is 0.659. The lowest BCUT2D eigenvalue weighted by molar-refractivity contribution is 1.07. The molecule has 1 N–H and O–H groups in total. The second-order valence-corrected chi connectivity index (χ2v) is 4.05. The van der Waals surface area contributed by atoms with Gasteiger partial charge in [0.25, 0.3) is 0 Å². The van der Waals surface area contributed by atoms with E-state index in [1.807, 2.05) is 18.5 Å². The molecule has 0 saturated carbocycles. The molecule has 0 aromatic carbocycles. The molecule has 0 aliphatic rings.